The minimum Gasteiger partial charge on any atom is -0.466 e. The summed E-state index contributed by atoms with van der Waals surface area (Å²) in [6.07, 6.45) is 0. The lowest BCUT2D eigenvalue weighted by molar-refractivity contribution is 0.0428. The molecule has 1 aromatic heterocycles. The van der Waals surface area contributed by atoms with E-state index in [0.29, 0.717) is 27.7 Å². The predicted molar refractivity (Wildman–Crippen MR) is 94.3 cm³/mol. The van der Waals surface area contributed by atoms with Gasteiger partial charge < -0.3 is 4.42 Å². The van der Waals surface area contributed by atoms with Crippen molar-refractivity contribution < 1.29 is 13.2 Å². The second kappa shape index (κ2) is 6.45. The third kappa shape index (κ3) is 3.35. The fourth-order valence-corrected chi connectivity index (χ4v) is 2.90. The van der Waals surface area contributed by atoms with Crippen molar-refractivity contribution in [3.05, 3.63) is 92.5 Å². The normalized spacial score (nSPS) is 11.6. The van der Waals surface area contributed by atoms with E-state index in [1.165, 1.54) is 54.6 Å². The molecule has 0 amide bonds. The van der Waals surface area contributed by atoms with Gasteiger partial charge in [-0.2, -0.15) is 8.78 Å². The van der Waals surface area contributed by atoms with Gasteiger partial charge in [0.1, 0.15) is 11.5 Å². The molecule has 5 heteroatoms. The molecule has 3 aromatic rings. The molecular formula is C20H15ClF2O2. The van der Waals surface area contributed by atoms with E-state index >= 15 is 0 Å². The van der Waals surface area contributed by atoms with Crippen LogP contribution in [0.25, 0.3) is 11.1 Å². The van der Waals surface area contributed by atoms with E-state index in [0.717, 1.165) is 0 Å². The molecular weight excluding hydrogens is 346 g/mol. The van der Waals surface area contributed by atoms with Crippen LogP contribution in [0.4, 0.5) is 8.78 Å². The monoisotopic (exact) mass is 360 g/mol. The molecule has 0 unspecified atom stereocenters. The lowest BCUT2D eigenvalue weighted by Gasteiger charge is -2.18. The number of benzene rings is 2. The zero-order valence-electron chi connectivity index (χ0n) is 13.6. The van der Waals surface area contributed by atoms with Crippen molar-refractivity contribution in [3.8, 4) is 11.1 Å². The molecule has 0 bridgehead atoms. The molecule has 2 nitrogen and oxygen atoms in total. The highest BCUT2D eigenvalue weighted by atomic mass is 35.5. The van der Waals surface area contributed by atoms with E-state index in [-0.39, 0.29) is 16.6 Å². The maximum Gasteiger partial charge on any atom is 0.298 e. The van der Waals surface area contributed by atoms with Crippen LogP contribution in [-0.4, -0.2) is 0 Å². The summed E-state index contributed by atoms with van der Waals surface area (Å²) in [6, 6.07) is 12.5. The highest BCUT2D eigenvalue weighted by Gasteiger charge is 2.33. The summed E-state index contributed by atoms with van der Waals surface area (Å²) in [5, 5.41) is 0.400. The Morgan fingerprint density at radius 1 is 0.920 bits per heavy atom. The zero-order valence-corrected chi connectivity index (χ0v) is 14.4. The smallest absolute Gasteiger partial charge is 0.298 e. The van der Waals surface area contributed by atoms with Crippen LogP contribution in [-0.2, 0) is 5.92 Å². The second-order valence-electron chi connectivity index (χ2n) is 5.81. The van der Waals surface area contributed by atoms with Gasteiger partial charge in [0.15, 0.2) is 5.43 Å². The van der Waals surface area contributed by atoms with Crippen LogP contribution in [0.3, 0.4) is 0 Å². The standard InChI is InChI=1S/C20H15ClF2O2/c1-12-11-18(24)19(13(2)25-12)14-3-5-15(6-4-14)20(22,23)16-7-9-17(21)10-8-16/h3-11H,1-2H3. The first-order chi connectivity index (χ1) is 11.8. The van der Waals surface area contributed by atoms with E-state index in [9.17, 15) is 13.6 Å². The maximum absolute atomic E-state index is 14.6. The average molecular weight is 361 g/mol. The third-order valence-corrected chi connectivity index (χ3v) is 4.24. The Morgan fingerprint density at radius 3 is 1.96 bits per heavy atom. The first kappa shape index (κ1) is 17.4. The summed E-state index contributed by atoms with van der Waals surface area (Å²) >= 11 is 5.75. The van der Waals surface area contributed by atoms with Gasteiger partial charge in [-0.1, -0.05) is 48.0 Å². The van der Waals surface area contributed by atoms with Gasteiger partial charge in [0, 0.05) is 22.2 Å². The van der Waals surface area contributed by atoms with E-state index in [1.54, 1.807) is 13.8 Å². The molecule has 0 saturated carbocycles. The zero-order chi connectivity index (χ0) is 18.2. The lowest BCUT2D eigenvalue weighted by Crippen LogP contribution is -2.15. The van der Waals surface area contributed by atoms with E-state index in [2.05, 4.69) is 0 Å². The van der Waals surface area contributed by atoms with Crippen molar-refractivity contribution in [2.24, 2.45) is 0 Å². The third-order valence-electron chi connectivity index (χ3n) is 3.99. The summed E-state index contributed by atoms with van der Waals surface area (Å²) in [5.74, 6) is -2.19. The summed E-state index contributed by atoms with van der Waals surface area (Å²) in [6.45, 7) is 3.37. The highest BCUT2D eigenvalue weighted by molar-refractivity contribution is 6.30. The van der Waals surface area contributed by atoms with Crippen molar-refractivity contribution in [1.29, 1.82) is 0 Å². The topological polar surface area (TPSA) is 30.2 Å². The van der Waals surface area contributed by atoms with Crippen LogP contribution in [0.1, 0.15) is 22.6 Å². The molecule has 0 atom stereocenters. The molecule has 128 valence electrons. The molecule has 0 saturated heterocycles. The van der Waals surface area contributed by atoms with Crippen molar-refractivity contribution in [2.45, 2.75) is 19.8 Å². The second-order valence-corrected chi connectivity index (χ2v) is 6.25. The maximum atomic E-state index is 14.6. The number of alkyl halides is 2. The lowest BCUT2D eigenvalue weighted by atomic mass is 9.97. The molecule has 0 N–H and O–H groups in total. The molecule has 1 heterocycles. The Kier molecular flexibility index (Phi) is 4.48. The first-order valence-electron chi connectivity index (χ1n) is 7.65. The summed E-state index contributed by atoms with van der Waals surface area (Å²) in [5.41, 5.74) is 0.427. The van der Waals surface area contributed by atoms with Gasteiger partial charge in [0.25, 0.3) is 5.92 Å². The first-order valence-corrected chi connectivity index (χ1v) is 8.03. The van der Waals surface area contributed by atoms with Gasteiger partial charge >= 0.3 is 0 Å². The van der Waals surface area contributed by atoms with Crippen LogP contribution in [0.2, 0.25) is 5.02 Å². The predicted octanol–water partition coefficient (Wildman–Crippen LogP) is 5.72. The minimum atomic E-state index is -3.16. The fraction of sp³-hybridized carbons (Fsp3) is 0.150. The van der Waals surface area contributed by atoms with Crippen LogP contribution < -0.4 is 5.43 Å². The van der Waals surface area contributed by atoms with Gasteiger partial charge in [-0.25, -0.2) is 0 Å². The Bertz CT molecular complexity index is 958. The van der Waals surface area contributed by atoms with E-state index < -0.39 is 5.92 Å². The van der Waals surface area contributed by atoms with Gasteiger partial charge in [0.2, 0.25) is 0 Å². The average Bonchev–Trinajstić information content (AvgIpc) is 2.55. The summed E-state index contributed by atoms with van der Waals surface area (Å²) in [4.78, 5) is 12.2. The molecule has 3 rings (SSSR count). The van der Waals surface area contributed by atoms with Crippen LogP contribution in [0.15, 0.2) is 63.8 Å². The highest BCUT2D eigenvalue weighted by Crippen LogP contribution is 2.36. The SMILES string of the molecule is Cc1cc(=O)c(-c2ccc(C(F)(F)c3ccc(Cl)cc3)cc2)c(C)o1. The Hall–Kier alpha value is -2.46. The van der Waals surface area contributed by atoms with Gasteiger partial charge in [-0.05, 0) is 31.5 Å². The number of halogens is 3. The number of aryl methyl sites for hydroxylation is 2. The van der Waals surface area contributed by atoms with Crippen molar-refractivity contribution >= 4 is 11.6 Å². The summed E-state index contributed by atoms with van der Waals surface area (Å²) < 4.78 is 34.7. The van der Waals surface area contributed by atoms with E-state index in [4.69, 9.17) is 16.0 Å². The summed E-state index contributed by atoms with van der Waals surface area (Å²) in [7, 11) is 0. The quantitative estimate of drug-likeness (QED) is 0.598. The fourth-order valence-electron chi connectivity index (χ4n) is 2.77. The molecule has 0 aliphatic rings. The molecule has 0 aliphatic heterocycles. The minimum absolute atomic E-state index is 0.143. The number of hydrogen-bond acceptors (Lipinski definition) is 2. The molecule has 2 aromatic carbocycles. The van der Waals surface area contributed by atoms with Crippen molar-refractivity contribution in [1.82, 2.24) is 0 Å². The molecule has 0 fully saturated rings. The van der Waals surface area contributed by atoms with Crippen LogP contribution in [0, 0.1) is 13.8 Å². The Morgan fingerprint density at radius 2 is 1.44 bits per heavy atom. The largest absolute Gasteiger partial charge is 0.466 e. The van der Waals surface area contributed by atoms with Crippen LogP contribution in [0.5, 0.6) is 0 Å². The van der Waals surface area contributed by atoms with E-state index in [1.807, 2.05) is 0 Å². The number of hydrogen-bond donors (Lipinski definition) is 0. The molecule has 0 spiro atoms. The van der Waals surface area contributed by atoms with Crippen molar-refractivity contribution in [2.75, 3.05) is 0 Å². The Balaban J connectivity index is 2.00. The molecule has 0 radical (unpaired) electrons. The Labute approximate surface area is 148 Å². The number of rotatable bonds is 3. The van der Waals surface area contributed by atoms with Crippen molar-refractivity contribution in [3.63, 3.8) is 0 Å². The molecule has 0 aliphatic carbocycles. The van der Waals surface area contributed by atoms with Gasteiger partial charge in [0.05, 0.1) is 5.56 Å². The van der Waals surface area contributed by atoms with Gasteiger partial charge in [-0.3, -0.25) is 4.79 Å². The molecule has 25 heavy (non-hydrogen) atoms. The van der Waals surface area contributed by atoms with Gasteiger partial charge in [-0.15, -0.1) is 0 Å². The van der Waals surface area contributed by atoms with Crippen LogP contribution >= 0.6 is 11.6 Å².